The summed E-state index contributed by atoms with van der Waals surface area (Å²) >= 11 is 4.77. The van der Waals surface area contributed by atoms with Crippen molar-refractivity contribution in [3.8, 4) is 0 Å². The highest BCUT2D eigenvalue weighted by Gasteiger charge is 2.14. The van der Waals surface area contributed by atoms with Crippen molar-refractivity contribution in [1.29, 1.82) is 0 Å². The molecule has 0 unspecified atom stereocenters. The molecule has 3 N–H and O–H groups in total. The summed E-state index contributed by atoms with van der Waals surface area (Å²) in [7, 11) is 0. The predicted molar refractivity (Wildman–Crippen MR) is 81.0 cm³/mol. The van der Waals surface area contributed by atoms with E-state index in [4.69, 9.17) is 18.0 Å². The van der Waals surface area contributed by atoms with Crippen LogP contribution in [0.3, 0.4) is 0 Å². The zero-order valence-electron chi connectivity index (χ0n) is 10.9. The topological polar surface area (TPSA) is 55.1 Å². The van der Waals surface area contributed by atoms with Crippen molar-refractivity contribution in [2.24, 2.45) is 5.73 Å². The lowest BCUT2D eigenvalue weighted by molar-refractivity contribution is -0.115. The standard InChI is InChI=1S/C15H12F2N2OS/c16-10-5-2-1-4-9(10)8-13(20)19-12-7-3-6-11(17)14(12)15(18)21/h1-7H,8H2,(H2,18,21)(H,19,20). The molecule has 2 aromatic rings. The number of halogens is 2. The third-order valence-electron chi connectivity index (χ3n) is 2.84. The SMILES string of the molecule is NC(=S)c1c(F)cccc1NC(=O)Cc1ccccc1F. The first-order chi connectivity index (χ1) is 9.99. The molecule has 0 bridgehead atoms. The summed E-state index contributed by atoms with van der Waals surface area (Å²) < 4.78 is 27.1. The zero-order valence-corrected chi connectivity index (χ0v) is 11.7. The summed E-state index contributed by atoms with van der Waals surface area (Å²) in [6.07, 6.45) is -0.167. The van der Waals surface area contributed by atoms with Gasteiger partial charge in [-0.25, -0.2) is 8.78 Å². The number of amides is 1. The summed E-state index contributed by atoms with van der Waals surface area (Å²) in [5.41, 5.74) is 5.84. The number of anilines is 1. The number of nitrogens with one attached hydrogen (secondary N) is 1. The van der Waals surface area contributed by atoms with Gasteiger partial charge < -0.3 is 11.1 Å². The van der Waals surface area contributed by atoms with Gasteiger partial charge in [0.2, 0.25) is 5.91 Å². The molecule has 0 radical (unpaired) electrons. The molecule has 0 heterocycles. The Morgan fingerprint density at radius 3 is 2.43 bits per heavy atom. The maximum atomic E-state index is 13.7. The second-order valence-electron chi connectivity index (χ2n) is 4.34. The number of carbonyl (C=O) groups excluding carboxylic acids is 1. The van der Waals surface area contributed by atoms with Crippen LogP contribution in [0.25, 0.3) is 0 Å². The Morgan fingerprint density at radius 1 is 1.10 bits per heavy atom. The second kappa shape index (κ2) is 6.41. The quantitative estimate of drug-likeness (QED) is 0.854. The summed E-state index contributed by atoms with van der Waals surface area (Å²) in [4.78, 5) is 11.8. The van der Waals surface area contributed by atoms with Crippen molar-refractivity contribution in [3.05, 3.63) is 65.2 Å². The molecule has 0 atom stereocenters. The molecule has 21 heavy (non-hydrogen) atoms. The summed E-state index contributed by atoms with van der Waals surface area (Å²) in [5.74, 6) is -1.57. The molecule has 108 valence electrons. The molecule has 0 spiro atoms. The average Bonchev–Trinajstić information content (AvgIpc) is 2.41. The average molecular weight is 306 g/mol. The first-order valence-electron chi connectivity index (χ1n) is 6.10. The van der Waals surface area contributed by atoms with Gasteiger partial charge in [-0.3, -0.25) is 4.79 Å². The normalized spacial score (nSPS) is 10.2. The van der Waals surface area contributed by atoms with Gasteiger partial charge in [-0.15, -0.1) is 0 Å². The minimum atomic E-state index is -0.619. The second-order valence-corrected chi connectivity index (χ2v) is 4.78. The van der Waals surface area contributed by atoms with Crippen LogP contribution in [0, 0.1) is 11.6 Å². The summed E-state index contributed by atoms with van der Waals surface area (Å²) in [5, 5.41) is 2.50. The van der Waals surface area contributed by atoms with Crippen molar-refractivity contribution in [2.45, 2.75) is 6.42 Å². The van der Waals surface area contributed by atoms with Crippen LogP contribution in [0.5, 0.6) is 0 Å². The Hall–Kier alpha value is -2.34. The van der Waals surface area contributed by atoms with Crippen molar-refractivity contribution >= 4 is 28.8 Å². The van der Waals surface area contributed by atoms with E-state index in [9.17, 15) is 13.6 Å². The van der Waals surface area contributed by atoms with Crippen LogP contribution < -0.4 is 11.1 Å². The Kier molecular flexibility index (Phi) is 4.59. The largest absolute Gasteiger partial charge is 0.389 e. The van der Waals surface area contributed by atoms with Gasteiger partial charge in [-0.1, -0.05) is 36.5 Å². The van der Waals surface area contributed by atoms with Gasteiger partial charge in [-0.05, 0) is 23.8 Å². The van der Waals surface area contributed by atoms with Crippen LogP contribution in [0.2, 0.25) is 0 Å². The molecule has 0 aliphatic carbocycles. The molecule has 0 aliphatic rings. The Morgan fingerprint density at radius 2 is 1.76 bits per heavy atom. The van der Waals surface area contributed by atoms with Gasteiger partial charge in [0.1, 0.15) is 16.6 Å². The first-order valence-corrected chi connectivity index (χ1v) is 6.51. The molecular weight excluding hydrogens is 294 g/mol. The predicted octanol–water partition coefficient (Wildman–Crippen LogP) is 2.78. The van der Waals surface area contributed by atoms with Crippen LogP contribution in [0.15, 0.2) is 42.5 Å². The lowest BCUT2D eigenvalue weighted by Gasteiger charge is -2.11. The number of benzene rings is 2. The van der Waals surface area contributed by atoms with Gasteiger partial charge in [0.25, 0.3) is 0 Å². The van der Waals surface area contributed by atoms with Crippen LogP contribution in [0.4, 0.5) is 14.5 Å². The third-order valence-corrected chi connectivity index (χ3v) is 3.05. The van der Waals surface area contributed by atoms with Gasteiger partial charge in [0.15, 0.2) is 0 Å². The lowest BCUT2D eigenvalue weighted by atomic mass is 10.1. The van der Waals surface area contributed by atoms with Crippen molar-refractivity contribution < 1.29 is 13.6 Å². The number of thiocarbonyl (C=S) groups is 1. The van der Waals surface area contributed by atoms with E-state index in [1.54, 1.807) is 6.07 Å². The van der Waals surface area contributed by atoms with E-state index >= 15 is 0 Å². The summed E-state index contributed by atoms with van der Waals surface area (Å²) in [6, 6.07) is 10.1. The highest BCUT2D eigenvalue weighted by atomic mass is 32.1. The fourth-order valence-electron chi connectivity index (χ4n) is 1.89. The third kappa shape index (κ3) is 3.61. The molecule has 2 aromatic carbocycles. The molecule has 0 saturated heterocycles. The molecule has 0 fully saturated rings. The van der Waals surface area contributed by atoms with E-state index in [2.05, 4.69) is 5.32 Å². The van der Waals surface area contributed by atoms with E-state index in [1.165, 1.54) is 36.4 Å². The smallest absolute Gasteiger partial charge is 0.228 e. The number of nitrogens with two attached hydrogens (primary N) is 1. The Bertz CT molecular complexity index is 704. The van der Waals surface area contributed by atoms with Crippen molar-refractivity contribution in [3.63, 3.8) is 0 Å². The van der Waals surface area contributed by atoms with Crippen LogP contribution in [0.1, 0.15) is 11.1 Å². The van der Waals surface area contributed by atoms with Crippen LogP contribution in [-0.4, -0.2) is 10.9 Å². The molecular formula is C15H12F2N2OS. The fourth-order valence-corrected chi connectivity index (χ4v) is 2.10. The molecule has 0 aromatic heterocycles. The first kappa shape index (κ1) is 15.1. The van der Waals surface area contributed by atoms with Gasteiger partial charge in [0, 0.05) is 0 Å². The van der Waals surface area contributed by atoms with E-state index in [1.807, 2.05) is 0 Å². The van der Waals surface area contributed by atoms with E-state index in [0.29, 0.717) is 0 Å². The molecule has 1 amide bonds. The number of hydrogen-bond donors (Lipinski definition) is 2. The van der Waals surface area contributed by atoms with Crippen LogP contribution >= 0.6 is 12.2 Å². The molecule has 0 aliphatic heterocycles. The summed E-state index contributed by atoms with van der Waals surface area (Å²) in [6.45, 7) is 0. The minimum Gasteiger partial charge on any atom is -0.389 e. The van der Waals surface area contributed by atoms with Crippen molar-refractivity contribution in [1.82, 2.24) is 0 Å². The number of rotatable bonds is 4. The van der Waals surface area contributed by atoms with Crippen molar-refractivity contribution in [2.75, 3.05) is 5.32 Å². The maximum absolute atomic E-state index is 13.7. The number of hydrogen-bond acceptors (Lipinski definition) is 2. The van der Waals surface area contributed by atoms with Gasteiger partial charge >= 0.3 is 0 Å². The highest BCUT2D eigenvalue weighted by Crippen LogP contribution is 2.19. The zero-order chi connectivity index (χ0) is 15.4. The fraction of sp³-hybridized carbons (Fsp3) is 0.0667. The van der Waals surface area contributed by atoms with Gasteiger partial charge in [-0.2, -0.15) is 0 Å². The monoisotopic (exact) mass is 306 g/mol. The van der Waals surface area contributed by atoms with E-state index in [-0.39, 0.29) is 28.2 Å². The molecule has 2 rings (SSSR count). The minimum absolute atomic E-state index is 0.0330. The Balaban J connectivity index is 2.19. The van der Waals surface area contributed by atoms with Gasteiger partial charge in [0.05, 0.1) is 17.7 Å². The highest BCUT2D eigenvalue weighted by molar-refractivity contribution is 7.80. The maximum Gasteiger partial charge on any atom is 0.228 e. The number of carbonyl (C=O) groups is 1. The van der Waals surface area contributed by atoms with Crippen LogP contribution in [-0.2, 0) is 11.2 Å². The van der Waals surface area contributed by atoms with E-state index in [0.717, 1.165) is 0 Å². The molecule has 0 saturated carbocycles. The molecule has 3 nitrogen and oxygen atoms in total. The Labute approximate surface area is 125 Å². The lowest BCUT2D eigenvalue weighted by Crippen LogP contribution is -2.20. The van der Waals surface area contributed by atoms with E-state index < -0.39 is 17.5 Å². The molecule has 6 heteroatoms.